The van der Waals surface area contributed by atoms with Gasteiger partial charge in [0.25, 0.3) is 0 Å². The standard InChI is InChI=1S/C37H42O13/c1-4-33(38)44-22-8-7-21-43-23-32(48-35(40)6-3)24-45-28-13-17-30(18-14-28)49-36(41)26-9-11-27(12-10-26)37(42)50-31-19-15-29(16-20-31)46-25-47-34(39)5-2/h4-6,13-20,26-27,32H,1-3,7-12,21-25H2. The highest BCUT2D eigenvalue weighted by molar-refractivity contribution is 5.82. The van der Waals surface area contributed by atoms with Gasteiger partial charge in [0.05, 0.1) is 25.0 Å². The molecule has 0 radical (unpaired) electrons. The van der Waals surface area contributed by atoms with Crippen LogP contribution in [0.4, 0.5) is 0 Å². The summed E-state index contributed by atoms with van der Waals surface area (Å²) >= 11 is 0. The second-order valence-electron chi connectivity index (χ2n) is 11.0. The molecular weight excluding hydrogens is 652 g/mol. The van der Waals surface area contributed by atoms with Crippen LogP contribution in [0, 0.1) is 11.8 Å². The molecule has 0 aromatic heterocycles. The highest BCUT2D eigenvalue weighted by Gasteiger charge is 2.32. The first-order valence-corrected chi connectivity index (χ1v) is 16.1. The van der Waals surface area contributed by atoms with Crippen LogP contribution in [0.1, 0.15) is 38.5 Å². The Kier molecular flexibility index (Phi) is 16.8. The third-order valence-electron chi connectivity index (χ3n) is 7.35. The fourth-order valence-electron chi connectivity index (χ4n) is 4.66. The lowest BCUT2D eigenvalue weighted by molar-refractivity contribution is -0.148. The smallest absolute Gasteiger partial charge is 0.333 e. The number of rotatable bonds is 21. The molecule has 1 aliphatic carbocycles. The first-order chi connectivity index (χ1) is 24.2. The summed E-state index contributed by atoms with van der Waals surface area (Å²) in [5, 5.41) is 0. The highest BCUT2D eigenvalue weighted by Crippen LogP contribution is 2.32. The molecule has 0 bridgehead atoms. The van der Waals surface area contributed by atoms with E-state index in [-0.39, 0.29) is 50.4 Å². The zero-order valence-electron chi connectivity index (χ0n) is 27.8. The number of unbranched alkanes of at least 4 members (excludes halogenated alkanes) is 1. The number of carbonyl (C=O) groups is 5. The predicted octanol–water partition coefficient (Wildman–Crippen LogP) is 5.07. The number of hydrogen-bond acceptors (Lipinski definition) is 13. The third-order valence-corrected chi connectivity index (χ3v) is 7.35. The van der Waals surface area contributed by atoms with Gasteiger partial charge in [0.2, 0.25) is 6.79 Å². The van der Waals surface area contributed by atoms with Crippen molar-refractivity contribution in [2.24, 2.45) is 11.8 Å². The van der Waals surface area contributed by atoms with Crippen molar-refractivity contribution in [3.8, 4) is 23.0 Å². The van der Waals surface area contributed by atoms with Gasteiger partial charge in [-0.05, 0) is 87.1 Å². The van der Waals surface area contributed by atoms with Crippen LogP contribution < -0.4 is 18.9 Å². The second-order valence-corrected chi connectivity index (χ2v) is 11.0. The van der Waals surface area contributed by atoms with E-state index in [1.54, 1.807) is 48.5 Å². The van der Waals surface area contributed by atoms with E-state index in [0.29, 0.717) is 68.1 Å². The van der Waals surface area contributed by atoms with E-state index in [1.165, 1.54) is 0 Å². The van der Waals surface area contributed by atoms with Crippen LogP contribution in [0.15, 0.2) is 86.5 Å². The van der Waals surface area contributed by atoms with Crippen molar-refractivity contribution in [2.45, 2.75) is 44.6 Å². The molecule has 0 spiro atoms. The van der Waals surface area contributed by atoms with Gasteiger partial charge >= 0.3 is 29.8 Å². The van der Waals surface area contributed by atoms with Crippen molar-refractivity contribution in [3.05, 3.63) is 86.5 Å². The summed E-state index contributed by atoms with van der Waals surface area (Å²) in [7, 11) is 0. The van der Waals surface area contributed by atoms with E-state index in [2.05, 4.69) is 19.7 Å². The number of benzene rings is 2. The maximum absolute atomic E-state index is 12.8. The minimum absolute atomic E-state index is 0.0100. The summed E-state index contributed by atoms with van der Waals surface area (Å²) < 4.78 is 42.7. The van der Waals surface area contributed by atoms with E-state index in [9.17, 15) is 24.0 Å². The molecule has 1 fully saturated rings. The van der Waals surface area contributed by atoms with E-state index < -0.39 is 24.0 Å². The van der Waals surface area contributed by atoms with Gasteiger partial charge in [-0.1, -0.05) is 19.7 Å². The van der Waals surface area contributed by atoms with Crippen molar-refractivity contribution in [3.63, 3.8) is 0 Å². The molecule has 1 unspecified atom stereocenters. The Bertz CT molecular complexity index is 1440. The molecule has 0 heterocycles. The van der Waals surface area contributed by atoms with Crippen LogP contribution >= 0.6 is 0 Å². The van der Waals surface area contributed by atoms with Crippen LogP contribution in [0.25, 0.3) is 0 Å². The van der Waals surface area contributed by atoms with Crippen LogP contribution in [0.2, 0.25) is 0 Å². The Morgan fingerprint density at radius 2 is 1.06 bits per heavy atom. The second kappa shape index (κ2) is 21.5. The molecular formula is C37H42O13. The lowest BCUT2D eigenvalue weighted by Gasteiger charge is -2.25. The molecule has 0 N–H and O–H groups in total. The van der Waals surface area contributed by atoms with Gasteiger partial charge in [-0.2, -0.15) is 0 Å². The van der Waals surface area contributed by atoms with Crippen LogP contribution in [0.5, 0.6) is 23.0 Å². The Labute approximate surface area is 290 Å². The topological polar surface area (TPSA) is 159 Å². The summed E-state index contributed by atoms with van der Waals surface area (Å²) in [6.45, 7) is 10.5. The lowest BCUT2D eigenvalue weighted by Crippen LogP contribution is -2.30. The van der Waals surface area contributed by atoms with Crippen LogP contribution in [-0.2, 0) is 42.9 Å². The van der Waals surface area contributed by atoms with E-state index in [0.717, 1.165) is 18.2 Å². The first-order valence-electron chi connectivity index (χ1n) is 16.1. The average molecular weight is 695 g/mol. The van der Waals surface area contributed by atoms with E-state index in [4.69, 9.17) is 37.9 Å². The number of carbonyl (C=O) groups excluding carboxylic acids is 5. The van der Waals surface area contributed by atoms with Crippen molar-refractivity contribution in [2.75, 3.05) is 33.2 Å². The Hall–Kier alpha value is -5.43. The SMILES string of the molecule is C=CC(=O)OCCCCOCC(COc1ccc(OC(=O)C2CCC(C(=O)Oc3ccc(OCOC(=O)C=C)cc3)CC2)cc1)OC(=O)C=C. The van der Waals surface area contributed by atoms with Crippen LogP contribution in [-0.4, -0.2) is 69.2 Å². The van der Waals surface area contributed by atoms with Gasteiger partial charge in [0, 0.05) is 24.8 Å². The fraction of sp³-hybridized carbons (Fsp3) is 0.378. The quantitative estimate of drug-likeness (QED) is 0.0426. The van der Waals surface area contributed by atoms with E-state index in [1.807, 2.05) is 0 Å². The number of ether oxygens (including phenoxy) is 8. The predicted molar refractivity (Wildman–Crippen MR) is 178 cm³/mol. The normalized spacial score (nSPS) is 15.7. The van der Waals surface area contributed by atoms with Crippen molar-refractivity contribution in [1.82, 2.24) is 0 Å². The van der Waals surface area contributed by atoms with Crippen molar-refractivity contribution >= 4 is 29.8 Å². The summed E-state index contributed by atoms with van der Waals surface area (Å²) in [5.74, 6) is -1.58. The van der Waals surface area contributed by atoms with Gasteiger partial charge in [-0.3, -0.25) is 9.59 Å². The molecule has 3 rings (SSSR count). The molecule has 50 heavy (non-hydrogen) atoms. The van der Waals surface area contributed by atoms with Crippen LogP contribution in [0.3, 0.4) is 0 Å². The minimum Gasteiger partial charge on any atom is -0.490 e. The molecule has 0 amide bonds. The maximum atomic E-state index is 12.8. The molecule has 0 saturated heterocycles. The number of esters is 5. The zero-order chi connectivity index (χ0) is 36.1. The zero-order valence-corrected chi connectivity index (χ0v) is 27.8. The fourth-order valence-corrected chi connectivity index (χ4v) is 4.66. The molecule has 1 aliphatic rings. The molecule has 13 nitrogen and oxygen atoms in total. The first kappa shape index (κ1) is 39.0. The van der Waals surface area contributed by atoms with Gasteiger partial charge in [-0.25, -0.2) is 14.4 Å². The Balaban J connectivity index is 1.36. The average Bonchev–Trinajstić information content (AvgIpc) is 3.14. The van der Waals surface area contributed by atoms with Gasteiger partial charge in [0.15, 0.2) is 6.10 Å². The van der Waals surface area contributed by atoms with Gasteiger partial charge < -0.3 is 37.9 Å². The molecule has 2 aromatic carbocycles. The third kappa shape index (κ3) is 14.4. The summed E-state index contributed by atoms with van der Waals surface area (Å²) in [4.78, 5) is 59.5. The minimum atomic E-state index is -0.703. The maximum Gasteiger partial charge on any atom is 0.333 e. The summed E-state index contributed by atoms with van der Waals surface area (Å²) in [6.07, 6.45) is 5.63. The van der Waals surface area contributed by atoms with Gasteiger partial charge in [-0.15, -0.1) is 0 Å². The molecule has 1 saturated carbocycles. The molecule has 268 valence electrons. The Morgan fingerprint density at radius 3 is 1.58 bits per heavy atom. The lowest BCUT2D eigenvalue weighted by atomic mass is 9.82. The highest BCUT2D eigenvalue weighted by atomic mass is 16.7. The largest absolute Gasteiger partial charge is 0.490 e. The van der Waals surface area contributed by atoms with Gasteiger partial charge in [0.1, 0.15) is 29.6 Å². The van der Waals surface area contributed by atoms with E-state index >= 15 is 0 Å². The molecule has 0 aliphatic heterocycles. The molecule has 1 atom stereocenters. The molecule has 2 aromatic rings. The Morgan fingerprint density at radius 1 is 0.600 bits per heavy atom. The van der Waals surface area contributed by atoms with Crippen molar-refractivity contribution < 1.29 is 61.9 Å². The van der Waals surface area contributed by atoms with Crippen molar-refractivity contribution in [1.29, 1.82) is 0 Å². The number of hydrogen-bond donors (Lipinski definition) is 0. The monoisotopic (exact) mass is 694 g/mol. The summed E-state index contributed by atoms with van der Waals surface area (Å²) in [6, 6.07) is 12.8. The molecule has 13 heteroatoms. The summed E-state index contributed by atoms with van der Waals surface area (Å²) in [5.41, 5.74) is 0.